The van der Waals surface area contributed by atoms with Gasteiger partial charge in [-0.15, -0.1) is 11.3 Å². The summed E-state index contributed by atoms with van der Waals surface area (Å²) in [6.45, 7) is 4.03. The van der Waals surface area contributed by atoms with Gasteiger partial charge in [0, 0.05) is 29.3 Å². The Morgan fingerprint density at radius 3 is 2.27 bits per heavy atom. The van der Waals surface area contributed by atoms with Crippen molar-refractivity contribution in [2.24, 2.45) is 0 Å². The van der Waals surface area contributed by atoms with Crippen molar-refractivity contribution in [1.29, 1.82) is 0 Å². The molecule has 184 valence electrons. The molecule has 0 saturated heterocycles. The Morgan fingerprint density at radius 1 is 1.15 bits per heavy atom. The summed E-state index contributed by atoms with van der Waals surface area (Å²) in [7, 11) is -11.4. The minimum Gasteiger partial charge on any atom is -0.489 e. The van der Waals surface area contributed by atoms with Crippen LogP contribution in [0.2, 0.25) is 18.1 Å². The Morgan fingerprint density at radius 2 is 1.76 bits per heavy atom. The molecule has 0 aliphatic rings. The number of ether oxygens (including phenoxy) is 1. The van der Waals surface area contributed by atoms with Crippen LogP contribution >= 0.6 is 22.9 Å². The van der Waals surface area contributed by atoms with Crippen molar-refractivity contribution in [3.8, 4) is 5.75 Å². The highest BCUT2D eigenvalue weighted by Crippen LogP contribution is 2.36. The van der Waals surface area contributed by atoms with Crippen molar-refractivity contribution in [2.45, 2.75) is 30.1 Å². The lowest BCUT2D eigenvalue weighted by Crippen LogP contribution is -2.63. The molecule has 0 fully saturated rings. The van der Waals surface area contributed by atoms with Crippen molar-refractivity contribution < 1.29 is 35.9 Å². The number of rotatable bonds is 11. The summed E-state index contributed by atoms with van der Waals surface area (Å²) in [4.78, 5) is 12.3. The fourth-order valence-corrected chi connectivity index (χ4v) is 15.1. The number of hydrogen-bond acceptors (Lipinski definition) is 8. The molecule has 0 bridgehead atoms. The van der Waals surface area contributed by atoms with E-state index in [4.69, 9.17) is 20.8 Å². The minimum atomic E-state index is -4.00. The predicted molar refractivity (Wildman–Crippen MR) is 133 cm³/mol. The maximum atomic E-state index is 12.4. The number of carboxylic acids is 1. The number of hydrogen-bond donors (Lipinski definition) is 1. The van der Waals surface area contributed by atoms with Crippen LogP contribution in [0.25, 0.3) is 0 Å². The molecule has 0 amide bonds. The molecule has 0 radical (unpaired) electrons. The lowest BCUT2D eigenvalue weighted by Gasteiger charge is -2.38. The van der Waals surface area contributed by atoms with Crippen molar-refractivity contribution in [3.63, 3.8) is 0 Å². The van der Waals surface area contributed by atoms with E-state index >= 15 is 0 Å². The summed E-state index contributed by atoms with van der Waals surface area (Å²) in [6, 6.07) is 7.18. The largest absolute Gasteiger partial charge is 0.489 e. The summed E-state index contributed by atoms with van der Waals surface area (Å²) in [6.07, 6.45) is 2.18. The second-order valence-electron chi connectivity index (χ2n) is 8.21. The third kappa shape index (κ3) is 5.98. The summed E-state index contributed by atoms with van der Waals surface area (Å²) in [5, 5.41) is 11.6. The van der Waals surface area contributed by atoms with Crippen LogP contribution in [0.3, 0.4) is 0 Å². The van der Waals surface area contributed by atoms with Crippen LogP contribution in [0.5, 0.6) is 5.75 Å². The summed E-state index contributed by atoms with van der Waals surface area (Å²) in [5.74, 6) is -0.944. The average Bonchev–Trinajstić information content (AvgIpc) is 3.05. The van der Waals surface area contributed by atoms with E-state index in [-0.39, 0.29) is 24.5 Å². The topological polar surface area (TPSA) is 124 Å². The van der Waals surface area contributed by atoms with E-state index < -0.39 is 37.7 Å². The van der Waals surface area contributed by atoms with Crippen LogP contribution < -0.4 is 4.74 Å². The van der Waals surface area contributed by atoms with E-state index in [9.17, 15) is 26.7 Å². The van der Waals surface area contributed by atoms with E-state index in [1.165, 1.54) is 36.7 Å². The first kappa shape index (κ1) is 27.8. The lowest BCUT2D eigenvalue weighted by molar-refractivity contribution is 0.0691. The molecule has 13 heteroatoms. The minimum absolute atomic E-state index is 0.00523. The number of carboxylic acid groups (broad SMARTS) is 1. The predicted octanol–water partition coefficient (Wildman–Crippen LogP) is 3.64. The zero-order valence-corrected chi connectivity index (χ0v) is 23.1. The molecule has 0 atom stereocenters. The second kappa shape index (κ2) is 10.0. The number of aromatic carboxylic acids is 1. The molecular formula is C20H27ClO8S3Si. The van der Waals surface area contributed by atoms with Gasteiger partial charge < -0.3 is 14.3 Å². The standard InChI is InChI=1S/C20H27ClO8S3Si/c1-20(31(2,24)25,32(3,26)27)33(4,5)29-10-9-28-18-16(19(22)23)13-30-17(18)12-14-7-6-8-15(21)11-14/h6-8,11,13H,9-10,12H2,1-5H3,(H,22,23). The molecule has 2 rings (SSSR count). The van der Waals surface area contributed by atoms with Crippen molar-refractivity contribution in [3.05, 3.63) is 50.7 Å². The molecule has 1 heterocycles. The first-order valence-corrected chi connectivity index (χ1v) is 17.7. The highest BCUT2D eigenvalue weighted by Gasteiger charge is 2.60. The smallest absolute Gasteiger partial charge is 0.340 e. The fraction of sp³-hybridized carbons (Fsp3) is 0.450. The second-order valence-corrected chi connectivity index (χ2v) is 19.6. The van der Waals surface area contributed by atoms with Gasteiger partial charge in [-0.25, -0.2) is 21.6 Å². The van der Waals surface area contributed by atoms with Gasteiger partial charge in [-0.05, 0) is 37.7 Å². The molecule has 0 saturated carbocycles. The van der Waals surface area contributed by atoms with Gasteiger partial charge in [0.25, 0.3) is 0 Å². The van der Waals surface area contributed by atoms with E-state index in [1.807, 2.05) is 6.07 Å². The molecule has 0 spiro atoms. The Balaban J connectivity index is 2.20. The summed E-state index contributed by atoms with van der Waals surface area (Å²) in [5.41, 5.74) is 0.888. The normalized spacial score (nSPS) is 13.2. The SMILES string of the molecule is CC([Si](C)(C)OCCOc1c(C(=O)O)csc1Cc1cccc(Cl)c1)(S(C)(=O)=O)S(C)(=O)=O. The Hall–Kier alpha value is -1.44. The van der Waals surface area contributed by atoms with E-state index in [2.05, 4.69) is 0 Å². The van der Waals surface area contributed by atoms with Gasteiger partial charge in [-0.2, -0.15) is 0 Å². The van der Waals surface area contributed by atoms with E-state index in [1.54, 1.807) is 18.2 Å². The average molecular weight is 555 g/mol. The third-order valence-electron chi connectivity index (χ3n) is 5.60. The molecule has 1 aromatic carbocycles. The van der Waals surface area contributed by atoms with Crippen LogP contribution in [0, 0.1) is 0 Å². The van der Waals surface area contributed by atoms with Crippen molar-refractivity contribution in [2.75, 3.05) is 25.7 Å². The van der Waals surface area contributed by atoms with Gasteiger partial charge in [-0.3, -0.25) is 0 Å². The number of benzene rings is 1. The Kier molecular flexibility index (Phi) is 8.46. The van der Waals surface area contributed by atoms with Crippen LogP contribution in [-0.2, 0) is 30.5 Å². The van der Waals surface area contributed by atoms with E-state index in [0.717, 1.165) is 18.1 Å². The molecule has 0 unspecified atom stereocenters. The fourth-order valence-electron chi connectivity index (χ4n) is 3.39. The van der Waals surface area contributed by atoms with Crippen LogP contribution in [0.4, 0.5) is 0 Å². The number of thiophene rings is 1. The van der Waals surface area contributed by atoms with Crippen molar-refractivity contribution >= 4 is 56.9 Å². The molecule has 0 aliphatic carbocycles. The van der Waals surface area contributed by atoms with Gasteiger partial charge in [0.05, 0.1) is 11.5 Å². The Bertz CT molecular complexity index is 1200. The van der Waals surface area contributed by atoms with Gasteiger partial charge >= 0.3 is 5.97 Å². The maximum absolute atomic E-state index is 12.4. The first-order chi connectivity index (χ1) is 15.0. The summed E-state index contributed by atoms with van der Waals surface area (Å²) >= 11 is 7.27. The lowest BCUT2D eigenvalue weighted by atomic mass is 10.1. The van der Waals surface area contributed by atoms with Crippen LogP contribution in [0.1, 0.15) is 27.7 Å². The number of sulfone groups is 2. The van der Waals surface area contributed by atoms with Gasteiger partial charge in [0.15, 0.2) is 23.4 Å². The van der Waals surface area contributed by atoms with Crippen LogP contribution in [0.15, 0.2) is 29.6 Å². The molecule has 2 aromatic rings. The van der Waals surface area contributed by atoms with E-state index in [0.29, 0.717) is 16.3 Å². The van der Waals surface area contributed by atoms with Gasteiger partial charge in [0.2, 0.25) is 8.32 Å². The molecule has 1 aromatic heterocycles. The van der Waals surface area contributed by atoms with Gasteiger partial charge in [-0.1, -0.05) is 23.7 Å². The molecule has 8 nitrogen and oxygen atoms in total. The Labute approximate surface area is 204 Å². The zero-order chi connectivity index (χ0) is 25.2. The zero-order valence-electron chi connectivity index (χ0n) is 18.9. The number of halogens is 1. The highest BCUT2D eigenvalue weighted by molar-refractivity contribution is 8.12. The van der Waals surface area contributed by atoms with Crippen molar-refractivity contribution in [1.82, 2.24) is 0 Å². The molecular weight excluding hydrogens is 528 g/mol. The van der Waals surface area contributed by atoms with Gasteiger partial charge in [0.1, 0.15) is 17.9 Å². The first-order valence-electron chi connectivity index (χ1n) is 9.75. The third-order valence-corrected chi connectivity index (χ3v) is 19.7. The monoisotopic (exact) mass is 554 g/mol. The summed E-state index contributed by atoms with van der Waals surface area (Å²) < 4.78 is 59.1. The quantitative estimate of drug-likeness (QED) is 0.330. The highest BCUT2D eigenvalue weighted by atomic mass is 35.5. The van der Waals surface area contributed by atoms with Crippen LogP contribution in [-0.4, -0.2) is 65.7 Å². The molecule has 0 aliphatic heterocycles. The molecule has 1 N–H and O–H groups in total. The number of carbonyl (C=O) groups is 1. The molecule has 33 heavy (non-hydrogen) atoms. The maximum Gasteiger partial charge on any atom is 0.340 e.